The van der Waals surface area contributed by atoms with Crippen LogP contribution in [0.1, 0.15) is 29.5 Å². The average molecular weight is 540 g/mol. The van der Waals surface area contributed by atoms with E-state index in [4.69, 9.17) is 46.4 Å². The minimum atomic E-state index is -3.86. The molecule has 9 heteroatoms. The molecular formula is C24H18Cl4N2O2S. The highest BCUT2D eigenvalue weighted by molar-refractivity contribution is 7.92. The molecule has 4 nitrogen and oxygen atoms in total. The number of halogens is 4. The lowest BCUT2D eigenvalue weighted by atomic mass is 9.77. The second-order valence-corrected chi connectivity index (χ2v) is 11.4. The van der Waals surface area contributed by atoms with Gasteiger partial charge in [0.05, 0.1) is 21.6 Å². The van der Waals surface area contributed by atoms with Crippen molar-refractivity contribution in [3.8, 4) is 0 Å². The van der Waals surface area contributed by atoms with Crippen molar-refractivity contribution in [3.05, 3.63) is 98.0 Å². The summed E-state index contributed by atoms with van der Waals surface area (Å²) >= 11 is 25.1. The molecule has 0 radical (unpaired) electrons. The third-order valence-electron chi connectivity index (χ3n) is 6.13. The van der Waals surface area contributed by atoms with Gasteiger partial charge in [0.15, 0.2) is 0 Å². The summed E-state index contributed by atoms with van der Waals surface area (Å²) in [5.41, 5.74) is 2.90. The molecule has 5 rings (SSSR count). The van der Waals surface area contributed by atoms with Gasteiger partial charge >= 0.3 is 0 Å². The summed E-state index contributed by atoms with van der Waals surface area (Å²) in [5, 5.41) is 5.42. The molecule has 3 atom stereocenters. The van der Waals surface area contributed by atoms with E-state index in [1.54, 1.807) is 24.3 Å². The van der Waals surface area contributed by atoms with Gasteiger partial charge in [-0.2, -0.15) is 0 Å². The van der Waals surface area contributed by atoms with Gasteiger partial charge < -0.3 is 5.32 Å². The largest absolute Gasteiger partial charge is 0.378 e. The molecule has 1 heterocycles. The van der Waals surface area contributed by atoms with Crippen LogP contribution in [0.15, 0.2) is 71.6 Å². The van der Waals surface area contributed by atoms with Crippen LogP contribution >= 0.6 is 46.4 Å². The first kappa shape index (κ1) is 22.9. The average Bonchev–Trinajstić information content (AvgIpc) is 3.26. The zero-order valence-electron chi connectivity index (χ0n) is 17.0. The van der Waals surface area contributed by atoms with Gasteiger partial charge in [-0.3, -0.25) is 4.72 Å². The van der Waals surface area contributed by atoms with Crippen molar-refractivity contribution in [2.45, 2.75) is 23.3 Å². The van der Waals surface area contributed by atoms with Gasteiger partial charge in [0.1, 0.15) is 0 Å². The van der Waals surface area contributed by atoms with Crippen LogP contribution < -0.4 is 10.0 Å². The Kier molecular flexibility index (Phi) is 6.04. The minimum Gasteiger partial charge on any atom is -0.378 e. The molecule has 0 saturated carbocycles. The molecule has 0 spiro atoms. The number of hydrogen-bond donors (Lipinski definition) is 2. The summed E-state index contributed by atoms with van der Waals surface area (Å²) in [6.45, 7) is 0. The number of allylic oxidation sites excluding steroid dienone is 2. The Labute approximate surface area is 212 Å². The van der Waals surface area contributed by atoms with Crippen molar-refractivity contribution in [2.75, 3.05) is 10.0 Å². The van der Waals surface area contributed by atoms with E-state index < -0.39 is 10.0 Å². The highest BCUT2D eigenvalue weighted by atomic mass is 35.5. The van der Waals surface area contributed by atoms with Crippen molar-refractivity contribution in [3.63, 3.8) is 0 Å². The second-order valence-electron chi connectivity index (χ2n) is 8.09. The fourth-order valence-electron chi connectivity index (χ4n) is 4.61. The van der Waals surface area contributed by atoms with Crippen LogP contribution in [0, 0.1) is 5.92 Å². The van der Waals surface area contributed by atoms with Gasteiger partial charge in [-0.05, 0) is 66.4 Å². The van der Waals surface area contributed by atoms with E-state index in [1.165, 1.54) is 12.1 Å². The molecule has 170 valence electrons. The Balaban J connectivity index is 1.52. The van der Waals surface area contributed by atoms with E-state index in [9.17, 15) is 8.42 Å². The molecule has 33 heavy (non-hydrogen) atoms. The van der Waals surface area contributed by atoms with Gasteiger partial charge in [0.2, 0.25) is 0 Å². The minimum absolute atomic E-state index is 0.0351. The zero-order chi connectivity index (χ0) is 23.3. The van der Waals surface area contributed by atoms with E-state index in [2.05, 4.69) is 22.2 Å². The number of anilines is 2. The number of rotatable bonds is 4. The van der Waals surface area contributed by atoms with Crippen LogP contribution in [0.2, 0.25) is 20.1 Å². The van der Waals surface area contributed by atoms with Crippen molar-refractivity contribution in [1.29, 1.82) is 0 Å². The monoisotopic (exact) mass is 538 g/mol. The predicted octanol–water partition coefficient (Wildman–Crippen LogP) is 7.93. The van der Waals surface area contributed by atoms with Crippen molar-refractivity contribution in [2.24, 2.45) is 5.92 Å². The Morgan fingerprint density at radius 3 is 2.39 bits per heavy atom. The van der Waals surface area contributed by atoms with Gasteiger partial charge in [0.25, 0.3) is 10.0 Å². The van der Waals surface area contributed by atoms with Crippen LogP contribution in [0.25, 0.3) is 0 Å². The number of nitrogens with one attached hydrogen (secondary N) is 2. The SMILES string of the molecule is O=S(=O)(Nc1ccc(Cl)cc1Cl)c1ccc2c(c1)[C@H]1C=CC[C@H]1[C@@H](c1c(Cl)cccc1Cl)N2. The lowest BCUT2D eigenvalue weighted by molar-refractivity contribution is 0.425. The Morgan fingerprint density at radius 1 is 0.909 bits per heavy atom. The number of benzene rings is 3. The summed E-state index contributed by atoms with van der Waals surface area (Å²) in [6, 6.07) is 15.1. The first-order chi connectivity index (χ1) is 15.7. The van der Waals surface area contributed by atoms with E-state index in [-0.39, 0.29) is 33.5 Å². The topological polar surface area (TPSA) is 58.2 Å². The second kappa shape index (κ2) is 8.71. The van der Waals surface area contributed by atoms with E-state index in [1.807, 2.05) is 18.2 Å². The summed E-state index contributed by atoms with van der Waals surface area (Å²) in [5.74, 6) is 0.194. The van der Waals surface area contributed by atoms with E-state index in [0.29, 0.717) is 15.1 Å². The van der Waals surface area contributed by atoms with Crippen LogP contribution in [-0.2, 0) is 10.0 Å². The fraction of sp³-hybridized carbons (Fsp3) is 0.167. The Hall–Kier alpha value is -1.89. The molecule has 1 aliphatic carbocycles. The zero-order valence-corrected chi connectivity index (χ0v) is 20.9. The van der Waals surface area contributed by atoms with E-state index >= 15 is 0 Å². The Bertz CT molecular complexity index is 1370. The maximum Gasteiger partial charge on any atom is 0.261 e. The molecular weight excluding hydrogens is 522 g/mol. The highest BCUT2D eigenvalue weighted by Gasteiger charge is 2.40. The predicted molar refractivity (Wildman–Crippen MR) is 137 cm³/mol. The molecule has 1 aliphatic heterocycles. The van der Waals surface area contributed by atoms with Crippen LogP contribution in [0.3, 0.4) is 0 Å². The molecule has 3 aromatic rings. The standard InChI is InChI=1S/C24H18Cl4N2O2S/c25-13-7-9-22(20(28)11-13)30-33(31,32)14-8-10-21-17(12-14)15-3-1-4-16(15)24(29-21)23-18(26)5-2-6-19(23)27/h1-3,5-12,15-16,24,29-30H,4H2/t15-,16+,24-/m0/s1. The Morgan fingerprint density at radius 2 is 1.67 bits per heavy atom. The fourth-order valence-corrected chi connectivity index (χ4v) is 6.87. The molecule has 0 aromatic heterocycles. The van der Waals surface area contributed by atoms with Crippen LogP contribution in [0.5, 0.6) is 0 Å². The summed E-state index contributed by atoms with van der Waals surface area (Å²) < 4.78 is 28.8. The van der Waals surface area contributed by atoms with Crippen molar-refractivity contribution in [1.82, 2.24) is 0 Å². The lowest BCUT2D eigenvalue weighted by Crippen LogP contribution is -2.29. The van der Waals surface area contributed by atoms with Gasteiger partial charge in [-0.15, -0.1) is 0 Å². The summed E-state index contributed by atoms with van der Waals surface area (Å²) in [7, 11) is -3.86. The summed E-state index contributed by atoms with van der Waals surface area (Å²) in [4.78, 5) is 0.155. The van der Waals surface area contributed by atoms with Crippen molar-refractivity contribution < 1.29 is 8.42 Å². The first-order valence-corrected chi connectivity index (χ1v) is 13.2. The van der Waals surface area contributed by atoms with Crippen LogP contribution in [0.4, 0.5) is 11.4 Å². The number of sulfonamides is 1. The molecule has 0 unspecified atom stereocenters. The normalized spacial score (nSPS) is 21.3. The molecule has 2 aliphatic rings. The highest BCUT2D eigenvalue weighted by Crippen LogP contribution is 2.52. The van der Waals surface area contributed by atoms with Gasteiger partial charge in [0, 0.05) is 32.2 Å². The number of fused-ring (bicyclic) bond motifs is 3. The lowest BCUT2D eigenvalue weighted by Gasteiger charge is -2.38. The van der Waals surface area contributed by atoms with Crippen LogP contribution in [-0.4, -0.2) is 8.42 Å². The van der Waals surface area contributed by atoms with E-state index in [0.717, 1.165) is 23.2 Å². The molecule has 0 amide bonds. The third kappa shape index (κ3) is 4.22. The molecule has 2 N–H and O–H groups in total. The number of hydrogen-bond acceptors (Lipinski definition) is 3. The first-order valence-electron chi connectivity index (χ1n) is 10.2. The smallest absolute Gasteiger partial charge is 0.261 e. The molecule has 0 bridgehead atoms. The summed E-state index contributed by atoms with van der Waals surface area (Å²) in [6.07, 6.45) is 5.08. The molecule has 0 saturated heterocycles. The third-order valence-corrected chi connectivity index (χ3v) is 8.70. The maximum absolute atomic E-state index is 13.1. The van der Waals surface area contributed by atoms with Gasteiger partial charge in [-0.1, -0.05) is 64.6 Å². The molecule has 0 fully saturated rings. The molecule has 3 aromatic carbocycles. The van der Waals surface area contributed by atoms with Gasteiger partial charge in [-0.25, -0.2) is 8.42 Å². The quantitative estimate of drug-likeness (QED) is 0.331. The van der Waals surface area contributed by atoms with Crippen molar-refractivity contribution >= 4 is 67.8 Å². The maximum atomic E-state index is 13.1.